The van der Waals surface area contributed by atoms with Crippen molar-refractivity contribution in [3.8, 4) is 0 Å². The summed E-state index contributed by atoms with van der Waals surface area (Å²) >= 11 is 0. The fraction of sp³-hybridized carbons (Fsp3) is 1.00. The number of hydrogen-bond acceptors (Lipinski definition) is 6. The van der Waals surface area contributed by atoms with Gasteiger partial charge in [-0.25, -0.2) is 0 Å². The third kappa shape index (κ3) is 10.8. The van der Waals surface area contributed by atoms with Crippen molar-refractivity contribution in [3.63, 3.8) is 0 Å². The third-order valence-electron chi connectivity index (χ3n) is 6.09. The molecule has 2 fully saturated rings. The highest BCUT2D eigenvalue weighted by molar-refractivity contribution is 4.68. The summed E-state index contributed by atoms with van der Waals surface area (Å²) in [5.74, 6) is 0. The molecule has 160 valence electrons. The molecule has 0 amide bonds. The fourth-order valence-corrected chi connectivity index (χ4v) is 3.86. The Hall–Kier alpha value is -0.240. The molecular weight excluding hydrogens is 338 g/mol. The van der Waals surface area contributed by atoms with E-state index in [2.05, 4.69) is 45.6 Å². The zero-order valence-corrected chi connectivity index (χ0v) is 18.4. The van der Waals surface area contributed by atoms with Crippen LogP contribution in [0.1, 0.15) is 25.7 Å². The second-order valence-electron chi connectivity index (χ2n) is 8.62. The van der Waals surface area contributed by atoms with Gasteiger partial charge in [-0.3, -0.25) is 0 Å². The lowest BCUT2D eigenvalue weighted by molar-refractivity contribution is 0.0900. The standard InChI is InChI=1S/C21H45N5O/c1-22(14-16-25-8-4-5-9-25)12-13-23(2)18-20-27-21-19-24(3)15-17-26-10-6-7-11-26/h4-21H2,1-3H3. The van der Waals surface area contributed by atoms with E-state index in [9.17, 15) is 0 Å². The van der Waals surface area contributed by atoms with Crippen molar-refractivity contribution in [2.75, 3.05) is 113 Å². The topological polar surface area (TPSA) is 25.4 Å². The number of likely N-dealkylation sites (tertiary alicyclic amines) is 2. The molecule has 2 aliphatic rings. The molecule has 2 heterocycles. The van der Waals surface area contributed by atoms with E-state index in [0.717, 1.165) is 45.9 Å². The van der Waals surface area contributed by atoms with E-state index in [0.29, 0.717) is 0 Å². The summed E-state index contributed by atoms with van der Waals surface area (Å²) < 4.78 is 5.85. The second kappa shape index (κ2) is 13.9. The van der Waals surface area contributed by atoms with Crippen molar-refractivity contribution < 1.29 is 4.74 Å². The minimum atomic E-state index is 0.841. The van der Waals surface area contributed by atoms with Crippen LogP contribution in [-0.2, 0) is 4.74 Å². The molecule has 0 spiro atoms. The summed E-state index contributed by atoms with van der Waals surface area (Å²) in [4.78, 5) is 12.4. The molecule has 6 heteroatoms. The summed E-state index contributed by atoms with van der Waals surface area (Å²) in [5.41, 5.74) is 0. The molecule has 0 aromatic heterocycles. The summed E-state index contributed by atoms with van der Waals surface area (Å²) in [6.07, 6.45) is 5.55. The van der Waals surface area contributed by atoms with Crippen LogP contribution < -0.4 is 0 Å². The van der Waals surface area contributed by atoms with E-state index in [1.807, 2.05) is 0 Å². The van der Waals surface area contributed by atoms with E-state index in [1.165, 1.54) is 71.5 Å². The van der Waals surface area contributed by atoms with E-state index in [1.54, 1.807) is 0 Å². The molecule has 0 aromatic carbocycles. The van der Waals surface area contributed by atoms with Crippen molar-refractivity contribution in [2.24, 2.45) is 0 Å². The van der Waals surface area contributed by atoms with Crippen molar-refractivity contribution in [3.05, 3.63) is 0 Å². The molecule has 0 aliphatic carbocycles. The Labute approximate surface area is 168 Å². The Morgan fingerprint density at radius 3 is 1.37 bits per heavy atom. The zero-order valence-electron chi connectivity index (χ0n) is 18.4. The monoisotopic (exact) mass is 383 g/mol. The van der Waals surface area contributed by atoms with Crippen molar-refractivity contribution in [2.45, 2.75) is 25.7 Å². The Morgan fingerprint density at radius 2 is 0.926 bits per heavy atom. The highest BCUT2D eigenvalue weighted by Crippen LogP contribution is 2.07. The molecule has 0 atom stereocenters. The maximum atomic E-state index is 5.85. The van der Waals surface area contributed by atoms with Gasteiger partial charge in [0.1, 0.15) is 0 Å². The van der Waals surface area contributed by atoms with Crippen LogP contribution in [0, 0.1) is 0 Å². The van der Waals surface area contributed by atoms with Gasteiger partial charge in [0, 0.05) is 52.4 Å². The molecule has 0 aromatic rings. The highest BCUT2D eigenvalue weighted by atomic mass is 16.5. The summed E-state index contributed by atoms with van der Waals surface area (Å²) in [5, 5.41) is 0. The first kappa shape index (κ1) is 23.0. The Morgan fingerprint density at radius 1 is 0.556 bits per heavy atom. The van der Waals surface area contributed by atoms with Crippen LogP contribution in [0.3, 0.4) is 0 Å². The van der Waals surface area contributed by atoms with Gasteiger partial charge in [-0.15, -0.1) is 0 Å². The van der Waals surface area contributed by atoms with Crippen molar-refractivity contribution >= 4 is 0 Å². The molecule has 2 rings (SSSR count). The molecule has 2 aliphatic heterocycles. The normalized spacial score (nSPS) is 19.3. The van der Waals surface area contributed by atoms with Gasteiger partial charge in [-0.1, -0.05) is 0 Å². The number of rotatable bonds is 15. The average Bonchev–Trinajstić information content (AvgIpc) is 3.36. The van der Waals surface area contributed by atoms with Crippen LogP contribution in [-0.4, -0.2) is 137 Å². The third-order valence-corrected chi connectivity index (χ3v) is 6.09. The Balaban J connectivity index is 1.37. The van der Waals surface area contributed by atoms with Crippen LogP contribution in [0.2, 0.25) is 0 Å². The minimum Gasteiger partial charge on any atom is -0.379 e. The lowest BCUT2D eigenvalue weighted by Crippen LogP contribution is -2.37. The van der Waals surface area contributed by atoms with E-state index in [-0.39, 0.29) is 0 Å². The van der Waals surface area contributed by atoms with Gasteiger partial charge >= 0.3 is 0 Å². The zero-order chi connectivity index (χ0) is 19.3. The molecule has 0 N–H and O–H groups in total. The molecule has 2 saturated heterocycles. The minimum absolute atomic E-state index is 0.841. The van der Waals surface area contributed by atoms with Gasteiger partial charge in [0.2, 0.25) is 0 Å². The van der Waals surface area contributed by atoms with E-state index < -0.39 is 0 Å². The Bertz CT molecular complexity index is 358. The first-order valence-corrected chi connectivity index (χ1v) is 11.2. The lowest BCUT2D eigenvalue weighted by Gasteiger charge is -2.24. The van der Waals surface area contributed by atoms with Gasteiger partial charge in [-0.2, -0.15) is 0 Å². The van der Waals surface area contributed by atoms with Crippen LogP contribution >= 0.6 is 0 Å². The highest BCUT2D eigenvalue weighted by Gasteiger charge is 2.12. The van der Waals surface area contributed by atoms with Crippen molar-refractivity contribution in [1.29, 1.82) is 0 Å². The first-order valence-electron chi connectivity index (χ1n) is 11.2. The summed E-state index contributed by atoms with van der Waals surface area (Å²) in [6.45, 7) is 16.0. The fourth-order valence-electron chi connectivity index (χ4n) is 3.86. The summed E-state index contributed by atoms with van der Waals surface area (Å²) in [6, 6.07) is 0. The summed E-state index contributed by atoms with van der Waals surface area (Å²) in [7, 11) is 6.67. The number of ether oxygens (including phenoxy) is 1. The van der Waals surface area contributed by atoms with Gasteiger partial charge in [0.05, 0.1) is 13.2 Å². The second-order valence-corrected chi connectivity index (χ2v) is 8.62. The maximum Gasteiger partial charge on any atom is 0.0593 e. The maximum absolute atomic E-state index is 5.85. The Kier molecular flexibility index (Phi) is 11.8. The predicted molar refractivity (Wildman–Crippen MR) is 115 cm³/mol. The number of nitrogens with zero attached hydrogens (tertiary/aromatic N) is 5. The molecule has 6 nitrogen and oxygen atoms in total. The van der Waals surface area contributed by atoms with Gasteiger partial charge < -0.3 is 29.2 Å². The molecular formula is C21H45N5O. The largest absolute Gasteiger partial charge is 0.379 e. The quantitative estimate of drug-likeness (QED) is 0.391. The lowest BCUT2D eigenvalue weighted by atomic mass is 10.4. The average molecular weight is 384 g/mol. The van der Waals surface area contributed by atoms with Crippen LogP contribution in [0.4, 0.5) is 0 Å². The molecule has 27 heavy (non-hydrogen) atoms. The number of hydrogen-bond donors (Lipinski definition) is 0. The van der Waals surface area contributed by atoms with E-state index in [4.69, 9.17) is 4.74 Å². The molecule has 0 saturated carbocycles. The first-order chi connectivity index (χ1) is 13.1. The van der Waals surface area contributed by atoms with Crippen LogP contribution in [0.5, 0.6) is 0 Å². The van der Waals surface area contributed by atoms with Gasteiger partial charge in [-0.05, 0) is 73.0 Å². The predicted octanol–water partition coefficient (Wildman–Crippen LogP) is 0.990. The van der Waals surface area contributed by atoms with Gasteiger partial charge in [0.25, 0.3) is 0 Å². The molecule has 0 bridgehead atoms. The number of likely N-dealkylation sites (N-methyl/N-ethyl adjacent to an activating group) is 3. The van der Waals surface area contributed by atoms with Crippen LogP contribution in [0.25, 0.3) is 0 Å². The SMILES string of the molecule is CN(CCOCCN(C)CCN1CCCC1)CCN(C)CCN1CCCC1. The molecule has 0 unspecified atom stereocenters. The van der Waals surface area contributed by atoms with Gasteiger partial charge in [0.15, 0.2) is 0 Å². The van der Waals surface area contributed by atoms with E-state index >= 15 is 0 Å². The van der Waals surface area contributed by atoms with Crippen molar-refractivity contribution in [1.82, 2.24) is 24.5 Å². The van der Waals surface area contributed by atoms with Crippen LogP contribution in [0.15, 0.2) is 0 Å². The smallest absolute Gasteiger partial charge is 0.0593 e. The molecule has 0 radical (unpaired) electrons.